The smallest absolute Gasteiger partial charge is 0.0642 e. The molecule has 1 aliphatic rings. The van der Waals surface area contributed by atoms with Gasteiger partial charge in [0.15, 0.2) is 0 Å². The molecule has 0 radical (unpaired) electrons. The third-order valence-corrected chi connectivity index (χ3v) is 4.11. The van der Waals surface area contributed by atoms with Gasteiger partial charge in [0.1, 0.15) is 0 Å². The van der Waals surface area contributed by atoms with E-state index < -0.39 is 0 Å². The summed E-state index contributed by atoms with van der Waals surface area (Å²) < 4.78 is 0. The van der Waals surface area contributed by atoms with E-state index in [0.717, 1.165) is 18.1 Å². The Labute approximate surface area is 109 Å². The second-order valence-electron chi connectivity index (χ2n) is 5.22. The van der Waals surface area contributed by atoms with Crippen LogP contribution in [-0.2, 0) is 0 Å². The second-order valence-corrected chi connectivity index (χ2v) is 5.63. The largest absolute Gasteiger partial charge is 0.367 e. The van der Waals surface area contributed by atoms with Crippen LogP contribution >= 0.6 is 11.6 Å². The second kappa shape index (κ2) is 4.87. The van der Waals surface area contributed by atoms with Crippen molar-refractivity contribution in [2.75, 3.05) is 25.0 Å². The van der Waals surface area contributed by atoms with E-state index in [2.05, 4.69) is 49.8 Å². The molecule has 0 amide bonds. The number of halogens is 1. The van der Waals surface area contributed by atoms with E-state index in [1.807, 2.05) is 6.07 Å². The predicted octanol–water partition coefficient (Wildman–Crippen LogP) is 3.18. The Hall–Kier alpha value is -0.730. The minimum absolute atomic E-state index is 0.566. The fourth-order valence-electron chi connectivity index (χ4n) is 2.47. The molecular weight excluding hydrogens is 232 g/mol. The van der Waals surface area contributed by atoms with Gasteiger partial charge in [-0.3, -0.25) is 4.90 Å². The summed E-state index contributed by atoms with van der Waals surface area (Å²) in [5, 5.41) is 0.869. The standard InChI is InChI=1S/C14H21ClN2/c1-10-5-6-14(13(15)7-10)17-8-11(2)16(4)12(3)9-17/h5-7,11-12H,8-9H2,1-4H3/t11-,12+. The van der Waals surface area contributed by atoms with Gasteiger partial charge in [0.25, 0.3) is 0 Å². The average Bonchev–Trinajstić information content (AvgIpc) is 2.25. The van der Waals surface area contributed by atoms with Crippen LogP contribution in [0.4, 0.5) is 5.69 Å². The van der Waals surface area contributed by atoms with Crippen LogP contribution in [0.25, 0.3) is 0 Å². The molecule has 0 bridgehead atoms. The fourth-order valence-corrected chi connectivity index (χ4v) is 2.82. The highest BCUT2D eigenvalue weighted by Gasteiger charge is 2.27. The number of likely N-dealkylation sites (N-methyl/N-ethyl adjacent to an activating group) is 1. The fraction of sp³-hybridized carbons (Fsp3) is 0.571. The average molecular weight is 253 g/mol. The maximum absolute atomic E-state index is 6.34. The maximum atomic E-state index is 6.34. The van der Waals surface area contributed by atoms with Gasteiger partial charge in [0, 0.05) is 25.2 Å². The molecule has 2 atom stereocenters. The number of aryl methyl sites for hydroxylation is 1. The van der Waals surface area contributed by atoms with Crippen molar-refractivity contribution in [3.05, 3.63) is 28.8 Å². The van der Waals surface area contributed by atoms with Crippen molar-refractivity contribution in [3.8, 4) is 0 Å². The lowest BCUT2D eigenvalue weighted by atomic mass is 10.1. The SMILES string of the molecule is Cc1ccc(N2C[C@@H](C)N(C)[C@@H](C)C2)c(Cl)c1. The molecule has 1 fully saturated rings. The van der Waals surface area contributed by atoms with E-state index in [-0.39, 0.29) is 0 Å². The molecule has 1 aliphatic heterocycles. The first-order valence-electron chi connectivity index (χ1n) is 6.22. The van der Waals surface area contributed by atoms with Gasteiger partial charge < -0.3 is 4.90 Å². The lowest BCUT2D eigenvalue weighted by molar-refractivity contribution is 0.170. The zero-order chi connectivity index (χ0) is 12.6. The van der Waals surface area contributed by atoms with E-state index in [0.29, 0.717) is 12.1 Å². The normalized spacial score (nSPS) is 26.3. The van der Waals surface area contributed by atoms with Crippen molar-refractivity contribution in [1.82, 2.24) is 4.90 Å². The van der Waals surface area contributed by atoms with E-state index in [9.17, 15) is 0 Å². The lowest BCUT2D eigenvalue weighted by Crippen LogP contribution is -2.55. The summed E-state index contributed by atoms with van der Waals surface area (Å²) in [6.07, 6.45) is 0. The highest BCUT2D eigenvalue weighted by molar-refractivity contribution is 6.33. The summed E-state index contributed by atoms with van der Waals surface area (Å²) in [6.45, 7) is 8.70. The zero-order valence-electron chi connectivity index (χ0n) is 11.1. The van der Waals surface area contributed by atoms with E-state index in [4.69, 9.17) is 11.6 Å². The van der Waals surface area contributed by atoms with Gasteiger partial charge >= 0.3 is 0 Å². The molecule has 0 aromatic heterocycles. The highest BCUT2D eigenvalue weighted by atomic mass is 35.5. The monoisotopic (exact) mass is 252 g/mol. The Kier molecular flexibility index (Phi) is 3.64. The Morgan fingerprint density at radius 1 is 1.18 bits per heavy atom. The van der Waals surface area contributed by atoms with Crippen LogP contribution in [-0.4, -0.2) is 37.1 Å². The molecule has 0 saturated carbocycles. The summed E-state index contributed by atoms with van der Waals surface area (Å²) in [7, 11) is 2.20. The molecule has 0 N–H and O–H groups in total. The van der Waals surface area contributed by atoms with Gasteiger partial charge in [0.2, 0.25) is 0 Å². The van der Waals surface area contributed by atoms with Crippen molar-refractivity contribution in [1.29, 1.82) is 0 Å². The summed E-state index contributed by atoms with van der Waals surface area (Å²) >= 11 is 6.34. The molecule has 1 aromatic carbocycles. The van der Waals surface area contributed by atoms with Crippen molar-refractivity contribution in [2.24, 2.45) is 0 Å². The minimum Gasteiger partial charge on any atom is -0.367 e. The molecule has 2 rings (SSSR count). The maximum Gasteiger partial charge on any atom is 0.0642 e. The van der Waals surface area contributed by atoms with E-state index in [1.54, 1.807) is 0 Å². The Morgan fingerprint density at radius 2 is 1.76 bits per heavy atom. The molecule has 1 aromatic rings. The Balaban J connectivity index is 2.23. The van der Waals surface area contributed by atoms with Gasteiger partial charge in [-0.1, -0.05) is 17.7 Å². The molecule has 1 saturated heterocycles. The summed E-state index contributed by atoms with van der Waals surface area (Å²) in [5.74, 6) is 0. The first-order chi connectivity index (χ1) is 7.99. The topological polar surface area (TPSA) is 6.48 Å². The summed E-state index contributed by atoms with van der Waals surface area (Å²) in [4.78, 5) is 4.83. The molecule has 17 heavy (non-hydrogen) atoms. The van der Waals surface area contributed by atoms with Crippen molar-refractivity contribution in [2.45, 2.75) is 32.9 Å². The number of piperazine rings is 1. The van der Waals surface area contributed by atoms with Gasteiger partial charge in [-0.15, -0.1) is 0 Å². The number of benzene rings is 1. The predicted molar refractivity (Wildman–Crippen MR) is 75.1 cm³/mol. The Morgan fingerprint density at radius 3 is 2.29 bits per heavy atom. The summed E-state index contributed by atoms with van der Waals surface area (Å²) in [5.41, 5.74) is 2.39. The number of hydrogen-bond acceptors (Lipinski definition) is 2. The van der Waals surface area contributed by atoms with Gasteiger partial charge in [0.05, 0.1) is 10.7 Å². The number of hydrogen-bond donors (Lipinski definition) is 0. The Bertz CT molecular complexity index is 393. The molecule has 0 spiro atoms. The molecule has 3 heteroatoms. The lowest BCUT2D eigenvalue weighted by Gasteiger charge is -2.43. The summed E-state index contributed by atoms with van der Waals surface area (Å²) in [6, 6.07) is 7.45. The third-order valence-electron chi connectivity index (χ3n) is 3.80. The van der Waals surface area contributed by atoms with Crippen LogP contribution in [0.3, 0.4) is 0 Å². The van der Waals surface area contributed by atoms with Crippen molar-refractivity contribution in [3.63, 3.8) is 0 Å². The molecule has 0 aliphatic carbocycles. The molecule has 94 valence electrons. The van der Waals surface area contributed by atoms with E-state index in [1.165, 1.54) is 11.3 Å². The van der Waals surface area contributed by atoms with Crippen molar-refractivity contribution >= 4 is 17.3 Å². The van der Waals surface area contributed by atoms with Crippen LogP contribution in [0.2, 0.25) is 5.02 Å². The zero-order valence-corrected chi connectivity index (χ0v) is 11.8. The van der Waals surface area contributed by atoms with Crippen LogP contribution < -0.4 is 4.90 Å². The third kappa shape index (κ3) is 2.58. The van der Waals surface area contributed by atoms with Gasteiger partial charge in [-0.25, -0.2) is 0 Å². The van der Waals surface area contributed by atoms with Gasteiger partial charge in [-0.2, -0.15) is 0 Å². The van der Waals surface area contributed by atoms with Crippen molar-refractivity contribution < 1.29 is 0 Å². The first-order valence-corrected chi connectivity index (χ1v) is 6.60. The van der Waals surface area contributed by atoms with Gasteiger partial charge in [-0.05, 0) is 45.5 Å². The highest BCUT2D eigenvalue weighted by Crippen LogP contribution is 2.29. The van der Waals surface area contributed by atoms with Crippen LogP contribution in [0.1, 0.15) is 19.4 Å². The molecule has 0 unspecified atom stereocenters. The van der Waals surface area contributed by atoms with Crippen LogP contribution in [0, 0.1) is 6.92 Å². The minimum atomic E-state index is 0.566. The van der Waals surface area contributed by atoms with Crippen LogP contribution in [0.5, 0.6) is 0 Å². The van der Waals surface area contributed by atoms with Crippen LogP contribution in [0.15, 0.2) is 18.2 Å². The number of rotatable bonds is 1. The molecule has 2 nitrogen and oxygen atoms in total. The quantitative estimate of drug-likeness (QED) is 0.758. The first kappa shape index (κ1) is 12.7. The number of anilines is 1. The molecule has 1 heterocycles. The molecular formula is C14H21ClN2. The van der Waals surface area contributed by atoms with E-state index >= 15 is 0 Å². The number of nitrogens with zero attached hydrogens (tertiary/aromatic N) is 2.